The maximum atomic E-state index is 6.52. The standard InChI is InChI=1S/C16H28BrN3/c1-4-11-7-6-8-12(9-11)13(18)10-15-16(17)14(5-2)19-20(15)3/h11-13H,4-10,18H2,1-3H3. The molecular formula is C16H28BrN3. The van der Waals surface area contributed by atoms with Gasteiger partial charge in [0.2, 0.25) is 0 Å². The van der Waals surface area contributed by atoms with Crippen molar-refractivity contribution in [1.82, 2.24) is 9.78 Å². The van der Waals surface area contributed by atoms with E-state index >= 15 is 0 Å². The van der Waals surface area contributed by atoms with Gasteiger partial charge in [0.25, 0.3) is 0 Å². The highest BCUT2D eigenvalue weighted by Crippen LogP contribution is 2.34. The number of hydrogen-bond acceptors (Lipinski definition) is 2. The number of rotatable bonds is 5. The van der Waals surface area contributed by atoms with Crippen molar-refractivity contribution in [2.24, 2.45) is 24.6 Å². The number of halogens is 1. The molecule has 3 unspecified atom stereocenters. The molecule has 0 spiro atoms. The van der Waals surface area contributed by atoms with Crippen LogP contribution in [-0.2, 0) is 19.9 Å². The molecule has 0 amide bonds. The molecule has 3 atom stereocenters. The maximum absolute atomic E-state index is 6.52. The molecule has 2 rings (SSSR count). The van der Waals surface area contributed by atoms with Crippen molar-refractivity contribution in [3.63, 3.8) is 0 Å². The summed E-state index contributed by atoms with van der Waals surface area (Å²) in [6.07, 6.45) is 8.56. The summed E-state index contributed by atoms with van der Waals surface area (Å²) in [4.78, 5) is 0. The molecule has 0 bridgehead atoms. The van der Waals surface area contributed by atoms with Crippen LogP contribution in [-0.4, -0.2) is 15.8 Å². The second-order valence-electron chi connectivity index (χ2n) is 6.25. The fraction of sp³-hybridized carbons (Fsp3) is 0.812. The molecule has 2 N–H and O–H groups in total. The van der Waals surface area contributed by atoms with Gasteiger partial charge < -0.3 is 5.73 Å². The molecule has 0 aliphatic heterocycles. The lowest BCUT2D eigenvalue weighted by Crippen LogP contribution is -2.36. The lowest BCUT2D eigenvalue weighted by atomic mass is 9.76. The first-order chi connectivity index (χ1) is 9.56. The predicted octanol–water partition coefficient (Wildman–Crippen LogP) is 3.83. The van der Waals surface area contributed by atoms with Crippen LogP contribution in [0.3, 0.4) is 0 Å². The molecular weight excluding hydrogens is 314 g/mol. The van der Waals surface area contributed by atoms with Gasteiger partial charge in [-0.25, -0.2) is 0 Å². The van der Waals surface area contributed by atoms with Crippen LogP contribution in [0.15, 0.2) is 4.47 Å². The fourth-order valence-corrected chi connectivity index (χ4v) is 4.30. The van der Waals surface area contributed by atoms with Crippen molar-refractivity contribution >= 4 is 15.9 Å². The predicted molar refractivity (Wildman–Crippen MR) is 87.7 cm³/mol. The summed E-state index contributed by atoms with van der Waals surface area (Å²) in [5.41, 5.74) is 8.92. The van der Waals surface area contributed by atoms with Crippen molar-refractivity contribution in [1.29, 1.82) is 0 Å². The SMILES string of the molecule is CCc1nn(C)c(CC(N)C2CCCC(CC)C2)c1Br. The minimum Gasteiger partial charge on any atom is -0.327 e. The van der Waals surface area contributed by atoms with E-state index in [0.717, 1.165) is 24.5 Å². The third-order valence-corrected chi connectivity index (χ3v) is 5.85. The van der Waals surface area contributed by atoms with Gasteiger partial charge in [0.1, 0.15) is 0 Å². The molecule has 1 fully saturated rings. The Hall–Kier alpha value is -0.350. The summed E-state index contributed by atoms with van der Waals surface area (Å²) in [7, 11) is 2.03. The quantitative estimate of drug-likeness (QED) is 0.884. The Bertz CT molecular complexity index is 441. The van der Waals surface area contributed by atoms with Crippen LogP contribution in [0.2, 0.25) is 0 Å². The van der Waals surface area contributed by atoms with Gasteiger partial charge in [-0.1, -0.05) is 33.1 Å². The largest absolute Gasteiger partial charge is 0.327 e. The first kappa shape index (κ1) is 16.0. The van der Waals surface area contributed by atoms with Gasteiger partial charge in [0, 0.05) is 19.5 Å². The van der Waals surface area contributed by atoms with Gasteiger partial charge in [-0.15, -0.1) is 0 Å². The van der Waals surface area contributed by atoms with Crippen LogP contribution >= 0.6 is 15.9 Å². The number of aromatic nitrogens is 2. The third-order valence-electron chi connectivity index (χ3n) is 4.94. The zero-order valence-corrected chi connectivity index (χ0v) is 14.6. The Morgan fingerprint density at radius 2 is 2.15 bits per heavy atom. The Balaban J connectivity index is 2.04. The van der Waals surface area contributed by atoms with Crippen molar-refractivity contribution in [2.75, 3.05) is 0 Å². The Labute approximate surface area is 131 Å². The van der Waals surface area contributed by atoms with E-state index in [1.54, 1.807) is 0 Å². The molecule has 0 saturated heterocycles. The van der Waals surface area contributed by atoms with E-state index in [9.17, 15) is 0 Å². The highest BCUT2D eigenvalue weighted by atomic mass is 79.9. The summed E-state index contributed by atoms with van der Waals surface area (Å²) in [6.45, 7) is 4.45. The van der Waals surface area contributed by atoms with Crippen molar-refractivity contribution in [3.05, 3.63) is 15.9 Å². The fourth-order valence-electron chi connectivity index (χ4n) is 3.52. The van der Waals surface area contributed by atoms with Crippen molar-refractivity contribution in [2.45, 2.75) is 64.8 Å². The summed E-state index contributed by atoms with van der Waals surface area (Å²) in [6, 6.07) is 0.265. The summed E-state index contributed by atoms with van der Waals surface area (Å²) < 4.78 is 3.17. The summed E-state index contributed by atoms with van der Waals surface area (Å²) in [5.74, 6) is 1.57. The number of nitrogens with zero attached hydrogens (tertiary/aromatic N) is 2. The lowest BCUT2D eigenvalue weighted by Gasteiger charge is -2.32. The van der Waals surface area contributed by atoms with Gasteiger partial charge in [0.05, 0.1) is 15.9 Å². The number of aryl methyl sites for hydroxylation is 2. The Kier molecular flexibility index (Phi) is 5.67. The van der Waals surface area contributed by atoms with E-state index in [2.05, 4.69) is 34.9 Å². The molecule has 1 aliphatic rings. The molecule has 1 saturated carbocycles. The molecule has 20 heavy (non-hydrogen) atoms. The minimum absolute atomic E-state index is 0.265. The van der Waals surface area contributed by atoms with E-state index < -0.39 is 0 Å². The van der Waals surface area contributed by atoms with E-state index in [0.29, 0.717) is 5.92 Å². The van der Waals surface area contributed by atoms with Crippen LogP contribution in [0.5, 0.6) is 0 Å². The molecule has 1 aromatic rings. The van der Waals surface area contributed by atoms with Gasteiger partial charge in [0.15, 0.2) is 0 Å². The van der Waals surface area contributed by atoms with E-state index in [4.69, 9.17) is 5.73 Å². The molecule has 1 aromatic heterocycles. The molecule has 0 radical (unpaired) electrons. The smallest absolute Gasteiger partial charge is 0.0766 e. The van der Waals surface area contributed by atoms with E-state index in [-0.39, 0.29) is 6.04 Å². The monoisotopic (exact) mass is 341 g/mol. The number of hydrogen-bond donors (Lipinski definition) is 1. The first-order valence-corrected chi connectivity index (χ1v) is 8.81. The highest BCUT2D eigenvalue weighted by molar-refractivity contribution is 9.10. The van der Waals surface area contributed by atoms with Crippen LogP contribution in [0.4, 0.5) is 0 Å². The first-order valence-electron chi connectivity index (χ1n) is 8.02. The Morgan fingerprint density at radius 1 is 1.40 bits per heavy atom. The molecule has 4 heteroatoms. The average Bonchev–Trinajstić information content (AvgIpc) is 2.74. The van der Waals surface area contributed by atoms with Crippen molar-refractivity contribution < 1.29 is 0 Å². The summed E-state index contributed by atoms with van der Waals surface area (Å²) >= 11 is 3.70. The third kappa shape index (κ3) is 3.45. The normalized spacial score (nSPS) is 24.9. The summed E-state index contributed by atoms with van der Waals surface area (Å²) in [5, 5.41) is 4.57. The van der Waals surface area contributed by atoms with Gasteiger partial charge in [-0.05, 0) is 47.0 Å². The van der Waals surface area contributed by atoms with Crippen LogP contribution in [0.25, 0.3) is 0 Å². The van der Waals surface area contributed by atoms with Crippen molar-refractivity contribution in [3.8, 4) is 0 Å². The lowest BCUT2D eigenvalue weighted by molar-refractivity contribution is 0.227. The maximum Gasteiger partial charge on any atom is 0.0766 e. The number of nitrogens with two attached hydrogens (primary N) is 1. The molecule has 1 heterocycles. The van der Waals surface area contributed by atoms with E-state index in [1.165, 1.54) is 42.3 Å². The molecule has 114 valence electrons. The molecule has 1 aliphatic carbocycles. The second-order valence-corrected chi connectivity index (χ2v) is 7.05. The Morgan fingerprint density at radius 3 is 2.75 bits per heavy atom. The molecule has 3 nitrogen and oxygen atoms in total. The van der Waals surface area contributed by atoms with Crippen LogP contribution in [0, 0.1) is 11.8 Å². The molecule has 0 aromatic carbocycles. The topological polar surface area (TPSA) is 43.8 Å². The van der Waals surface area contributed by atoms with Gasteiger partial charge in [-0.3, -0.25) is 4.68 Å². The zero-order chi connectivity index (χ0) is 14.7. The second kappa shape index (κ2) is 7.08. The highest BCUT2D eigenvalue weighted by Gasteiger charge is 2.27. The van der Waals surface area contributed by atoms with E-state index in [1.807, 2.05) is 11.7 Å². The van der Waals surface area contributed by atoms with Gasteiger partial charge in [-0.2, -0.15) is 5.10 Å². The minimum atomic E-state index is 0.265. The van der Waals surface area contributed by atoms with Crippen LogP contribution in [0.1, 0.15) is 57.3 Å². The zero-order valence-electron chi connectivity index (χ0n) is 13.0. The average molecular weight is 342 g/mol. The van der Waals surface area contributed by atoms with Crippen LogP contribution < -0.4 is 5.73 Å². The van der Waals surface area contributed by atoms with Gasteiger partial charge >= 0.3 is 0 Å².